The predicted octanol–water partition coefficient (Wildman–Crippen LogP) is 3.19. The molecule has 2 aromatic rings. The number of ether oxygens (including phenoxy) is 1. The second-order valence-corrected chi connectivity index (χ2v) is 6.18. The van der Waals surface area contributed by atoms with Gasteiger partial charge in [0.05, 0.1) is 9.79 Å². The molecule has 0 spiro atoms. The van der Waals surface area contributed by atoms with Gasteiger partial charge in [0.25, 0.3) is 10.1 Å². The van der Waals surface area contributed by atoms with E-state index in [1.807, 2.05) is 12.1 Å². The highest BCUT2D eigenvalue weighted by Crippen LogP contribution is 2.48. The molecule has 0 atom stereocenters. The second-order valence-electron chi connectivity index (χ2n) is 3.71. The van der Waals surface area contributed by atoms with Gasteiger partial charge in [0, 0.05) is 0 Å². The van der Waals surface area contributed by atoms with Gasteiger partial charge in [0.2, 0.25) is 0 Å². The summed E-state index contributed by atoms with van der Waals surface area (Å²) in [6.07, 6.45) is 0. The topological polar surface area (TPSA) is 63.6 Å². The van der Waals surface area contributed by atoms with Gasteiger partial charge >= 0.3 is 0 Å². The van der Waals surface area contributed by atoms with E-state index in [4.69, 9.17) is 4.74 Å². The second kappa shape index (κ2) is 4.01. The third-order valence-corrected chi connectivity index (χ3v) is 4.48. The largest absolute Gasteiger partial charge is 0.454 e. The Balaban J connectivity index is 2.20. The van der Waals surface area contributed by atoms with Crippen LogP contribution in [0.15, 0.2) is 57.2 Å². The molecule has 92 valence electrons. The standard InChI is InChI=1S/C12H8O4S2/c13-18(14,15)11-7-3-6-10-12(11)16-8-4-1-2-5-9(8)17-10/h1-7H,(H,13,14,15). The molecular formula is C12H8O4S2. The lowest BCUT2D eigenvalue weighted by atomic mass is 10.3. The third kappa shape index (κ3) is 1.88. The van der Waals surface area contributed by atoms with Crippen LogP contribution in [0.25, 0.3) is 0 Å². The molecule has 0 amide bonds. The van der Waals surface area contributed by atoms with E-state index in [9.17, 15) is 13.0 Å². The van der Waals surface area contributed by atoms with Crippen LogP contribution in [0.1, 0.15) is 0 Å². The molecule has 1 N–H and O–H groups in total. The summed E-state index contributed by atoms with van der Waals surface area (Å²) in [5.74, 6) is 0.773. The molecule has 0 saturated heterocycles. The monoisotopic (exact) mass is 280 g/mol. The van der Waals surface area contributed by atoms with E-state index in [1.165, 1.54) is 17.8 Å². The molecule has 6 heteroatoms. The van der Waals surface area contributed by atoms with Gasteiger partial charge < -0.3 is 4.74 Å². The molecule has 4 nitrogen and oxygen atoms in total. The Morgan fingerprint density at radius 3 is 2.50 bits per heavy atom. The van der Waals surface area contributed by atoms with Crippen LogP contribution >= 0.6 is 11.8 Å². The molecule has 18 heavy (non-hydrogen) atoms. The minimum atomic E-state index is -4.29. The fourth-order valence-electron chi connectivity index (χ4n) is 1.73. The van der Waals surface area contributed by atoms with Gasteiger partial charge in [0.1, 0.15) is 10.6 Å². The molecule has 1 aliphatic heterocycles. The summed E-state index contributed by atoms with van der Waals surface area (Å²) >= 11 is 1.41. The Morgan fingerprint density at radius 2 is 1.72 bits per heavy atom. The van der Waals surface area contributed by atoms with Crippen molar-refractivity contribution in [2.75, 3.05) is 0 Å². The zero-order valence-electron chi connectivity index (χ0n) is 9.03. The minimum absolute atomic E-state index is 0.184. The zero-order chi connectivity index (χ0) is 12.8. The lowest BCUT2D eigenvalue weighted by Gasteiger charge is -2.20. The lowest BCUT2D eigenvalue weighted by Crippen LogP contribution is -2.04. The van der Waals surface area contributed by atoms with Crippen LogP contribution < -0.4 is 4.74 Å². The third-order valence-electron chi connectivity index (χ3n) is 2.50. The van der Waals surface area contributed by atoms with E-state index in [2.05, 4.69) is 0 Å². The van der Waals surface area contributed by atoms with Gasteiger partial charge in [-0.1, -0.05) is 30.0 Å². The van der Waals surface area contributed by atoms with Crippen molar-refractivity contribution < 1.29 is 17.7 Å². The van der Waals surface area contributed by atoms with Crippen LogP contribution in [0.2, 0.25) is 0 Å². The van der Waals surface area contributed by atoms with Crippen molar-refractivity contribution in [3.8, 4) is 11.5 Å². The van der Waals surface area contributed by atoms with Gasteiger partial charge in [0.15, 0.2) is 5.75 Å². The van der Waals surface area contributed by atoms with Gasteiger partial charge in [-0.15, -0.1) is 0 Å². The fraction of sp³-hybridized carbons (Fsp3) is 0. The lowest BCUT2D eigenvalue weighted by molar-refractivity contribution is 0.429. The highest BCUT2D eigenvalue weighted by molar-refractivity contribution is 7.99. The molecule has 0 aromatic heterocycles. The van der Waals surface area contributed by atoms with Crippen molar-refractivity contribution >= 4 is 21.9 Å². The van der Waals surface area contributed by atoms with Crippen molar-refractivity contribution in [2.24, 2.45) is 0 Å². The number of para-hydroxylation sites is 2. The van der Waals surface area contributed by atoms with Gasteiger partial charge in [-0.3, -0.25) is 4.55 Å². The molecule has 1 aliphatic rings. The maximum absolute atomic E-state index is 11.3. The van der Waals surface area contributed by atoms with Crippen LogP contribution in [0.4, 0.5) is 0 Å². The molecule has 2 aromatic carbocycles. The predicted molar refractivity (Wildman–Crippen MR) is 66.9 cm³/mol. The van der Waals surface area contributed by atoms with Gasteiger partial charge in [-0.05, 0) is 24.3 Å². The maximum Gasteiger partial charge on any atom is 0.298 e. The van der Waals surface area contributed by atoms with E-state index in [-0.39, 0.29) is 10.6 Å². The number of fused-ring (bicyclic) bond motifs is 2. The molecule has 0 bridgehead atoms. The Kier molecular flexibility index (Phi) is 2.58. The van der Waals surface area contributed by atoms with E-state index in [0.29, 0.717) is 10.6 Å². The summed E-state index contributed by atoms with van der Waals surface area (Å²) in [5, 5.41) is 0. The number of benzene rings is 2. The van der Waals surface area contributed by atoms with Crippen LogP contribution in [0, 0.1) is 0 Å². The summed E-state index contributed by atoms with van der Waals surface area (Å²) in [7, 11) is -4.29. The SMILES string of the molecule is O=S(=O)(O)c1cccc2c1Oc1ccccc1S2. The summed E-state index contributed by atoms with van der Waals surface area (Å²) in [6.45, 7) is 0. The molecule has 0 fully saturated rings. The quantitative estimate of drug-likeness (QED) is 0.693. The first-order chi connectivity index (χ1) is 8.55. The Hall–Kier alpha value is -1.50. The summed E-state index contributed by atoms with van der Waals surface area (Å²) in [5.41, 5.74) is 0. The molecule has 0 unspecified atom stereocenters. The first-order valence-electron chi connectivity index (χ1n) is 5.11. The first-order valence-corrected chi connectivity index (χ1v) is 7.36. The highest BCUT2D eigenvalue weighted by Gasteiger charge is 2.25. The highest BCUT2D eigenvalue weighted by atomic mass is 32.2. The average molecular weight is 280 g/mol. The van der Waals surface area contributed by atoms with E-state index < -0.39 is 10.1 Å². The van der Waals surface area contributed by atoms with Crippen molar-refractivity contribution in [3.05, 3.63) is 42.5 Å². The Morgan fingerprint density at radius 1 is 1.00 bits per heavy atom. The van der Waals surface area contributed by atoms with Crippen molar-refractivity contribution in [1.82, 2.24) is 0 Å². The number of hydrogen-bond acceptors (Lipinski definition) is 4. The minimum Gasteiger partial charge on any atom is -0.454 e. The molecular weight excluding hydrogens is 272 g/mol. The van der Waals surface area contributed by atoms with Gasteiger partial charge in [-0.25, -0.2) is 0 Å². The Bertz CT molecular complexity index is 723. The summed E-state index contributed by atoms with van der Waals surface area (Å²) in [4.78, 5) is 1.38. The van der Waals surface area contributed by atoms with Crippen molar-refractivity contribution in [2.45, 2.75) is 14.7 Å². The van der Waals surface area contributed by atoms with Crippen LogP contribution in [0.5, 0.6) is 11.5 Å². The Labute approximate surface area is 108 Å². The molecule has 0 aliphatic carbocycles. The fourth-order valence-corrected chi connectivity index (χ4v) is 3.41. The van der Waals surface area contributed by atoms with Crippen molar-refractivity contribution in [3.63, 3.8) is 0 Å². The number of rotatable bonds is 1. The zero-order valence-corrected chi connectivity index (χ0v) is 10.7. The van der Waals surface area contributed by atoms with E-state index in [1.54, 1.807) is 24.3 Å². The van der Waals surface area contributed by atoms with Crippen LogP contribution in [0.3, 0.4) is 0 Å². The molecule has 1 heterocycles. The summed E-state index contributed by atoms with van der Waals surface area (Å²) < 4.78 is 37.3. The van der Waals surface area contributed by atoms with Crippen LogP contribution in [-0.2, 0) is 10.1 Å². The molecule has 0 saturated carbocycles. The first kappa shape index (κ1) is 11.6. The van der Waals surface area contributed by atoms with E-state index in [0.717, 1.165) is 4.90 Å². The summed E-state index contributed by atoms with van der Waals surface area (Å²) in [6, 6.07) is 12.0. The van der Waals surface area contributed by atoms with Gasteiger partial charge in [-0.2, -0.15) is 8.42 Å². The maximum atomic E-state index is 11.3. The molecule has 0 radical (unpaired) electrons. The van der Waals surface area contributed by atoms with E-state index >= 15 is 0 Å². The van der Waals surface area contributed by atoms with Crippen molar-refractivity contribution in [1.29, 1.82) is 0 Å². The average Bonchev–Trinajstić information content (AvgIpc) is 2.34. The number of hydrogen-bond donors (Lipinski definition) is 1. The smallest absolute Gasteiger partial charge is 0.298 e. The normalized spacial score (nSPS) is 13.4. The molecule has 3 rings (SSSR count). The van der Waals surface area contributed by atoms with Crippen LogP contribution in [-0.4, -0.2) is 13.0 Å².